The minimum atomic E-state index is -0.804. The molecule has 0 N–H and O–H groups in total. The van der Waals surface area contributed by atoms with E-state index in [0.717, 1.165) is 18.6 Å². The van der Waals surface area contributed by atoms with Crippen molar-refractivity contribution in [2.45, 2.75) is 44.8 Å². The number of epoxide rings is 1. The van der Waals surface area contributed by atoms with Gasteiger partial charge >= 0.3 is 0 Å². The van der Waals surface area contributed by atoms with Crippen molar-refractivity contribution in [3.05, 3.63) is 59.2 Å². The summed E-state index contributed by atoms with van der Waals surface area (Å²) in [7, 11) is 0. The van der Waals surface area contributed by atoms with E-state index in [1.54, 1.807) is 12.1 Å². The van der Waals surface area contributed by atoms with Crippen LogP contribution in [0.3, 0.4) is 0 Å². The molecule has 138 valence electrons. The Bertz CT molecular complexity index is 760. The van der Waals surface area contributed by atoms with E-state index in [4.69, 9.17) is 9.47 Å². The Hall–Kier alpha value is -1.78. The second kappa shape index (κ2) is 7.45. The molecule has 0 aromatic heterocycles. The third-order valence-corrected chi connectivity index (χ3v) is 5.45. The Balaban J connectivity index is 1.49. The molecule has 0 radical (unpaired) electrons. The second-order valence-corrected chi connectivity index (χ2v) is 7.33. The number of benzene rings is 2. The van der Waals surface area contributed by atoms with E-state index in [1.807, 2.05) is 24.3 Å². The van der Waals surface area contributed by atoms with Crippen LogP contribution in [-0.2, 0) is 9.47 Å². The van der Waals surface area contributed by atoms with Gasteiger partial charge in [0.05, 0.1) is 19.3 Å². The molecule has 0 saturated carbocycles. The average molecular weight is 358 g/mol. The normalized spacial score (nSPS) is 25.3. The van der Waals surface area contributed by atoms with Crippen LogP contribution in [-0.4, -0.2) is 13.2 Å². The highest BCUT2D eigenvalue weighted by Crippen LogP contribution is 2.37. The van der Waals surface area contributed by atoms with Crippen LogP contribution < -0.4 is 0 Å². The summed E-state index contributed by atoms with van der Waals surface area (Å²) in [6.07, 6.45) is 4.43. The third kappa shape index (κ3) is 3.53. The molecule has 26 heavy (non-hydrogen) atoms. The molecular formula is C22H24F2O2. The van der Waals surface area contributed by atoms with Crippen molar-refractivity contribution in [1.29, 1.82) is 0 Å². The molecule has 2 aliphatic rings. The summed E-state index contributed by atoms with van der Waals surface area (Å²) in [4.78, 5) is 0. The second-order valence-electron chi connectivity index (χ2n) is 7.33. The van der Waals surface area contributed by atoms with E-state index in [-0.39, 0.29) is 17.8 Å². The lowest BCUT2D eigenvalue weighted by atomic mass is 9.91. The van der Waals surface area contributed by atoms with Crippen molar-refractivity contribution in [1.82, 2.24) is 0 Å². The minimum absolute atomic E-state index is 0.105. The maximum atomic E-state index is 14.5. The maximum absolute atomic E-state index is 14.5. The number of rotatable bonds is 5. The number of ether oxygens (including phenoxy) is 2. The molecule has 0 amide bonds. The van der Waals surface area contributed by atoms with E-state index in [1.165, 1.54) is 19.3 Å². The first-order valence-electron chi connectivity index (χ1n) is 9.48. The van der Waals surface area contributed by atoms with Gasteiger partial charge in [-0.05, 0) is 36.3 Å². The molecule has 2 aliphatic heterocycles. The van der Waals surface area contributed by atoms with Crippen LogP contribution in [0, 0.1) is 17.6 Å². The number of halogens is 2. The molecule has 0 bridgehead atoms. The standard InChI is InChI=1S/C22H24F2O2/c1-2-3-14-4-11-19(25-12-14)16-7-5-15(6-8-16)17-9-10-18(20-13-26-20)22(24)21(17)23/h5-10,14,19-20H,2-4,11-13H2,1H3. The van der Waals surface area contributed by atoms with Crippen LogP contribution in [0.25, 0.3) is 11.1 Å². The third-order valence-electron chi connectivity index (χ3n) is 5.45. The Morgan fingerprint density at radius 3 is 2.23 bits per heavy atom. The van der Waals surface area contributed by atoms with Crippen LogP contribution in [0.15, 0.2) is 36.4 Å². The van der Waals surface area contributed by atoms with Crippen LogP contribution >= 0.6 is 0 Å². The maximum Gasteiger partial charge on any atom is 0.167 e. The molecule has 3 atom stereocenters. The van der Waals surface area contributed by atoms with Gasteiger partial charge in [-0.25, -0.2) is 8.78 Å². The Morgan fingerprint density at radius 2 is 1.62 bits per heavy atom. The lowest BCUT2D eigenvalue weighted by Crippen LogP contribution is -2.20. The fraction of sp³-hybridized carbons (Fsp3) is 0.455. The van der Waals surface area contributed by atoms with Gasteiger partial charge < -0.3 is 9.47 Å². The van der Waals surface area contributed by atoms with Gasteiger partial charge in [0, 0.05) is 11.1 Å². The Labute approximate surface area is 153 Å². The van der Waals surface area contributed by atoms with Crippen LogP contribution in [0.2, 0.25) is 0 Å². The van der Waals surface area contributed by atoms with Gasteiger partial charge in [-0.3, -0.25) is 0 Å². The Kier molecular flexibility index (Phi) is 5.05. The monoisotopic (exact) mass is 358 g/mol. The summed E-state index contributed by atoms with van der Waals surface area (Å²) in [6, 6.07) is 10.9. The van der Waals surface area contributed by atoms with Crippen LogP contribution in [0.1, 0.15) is 55.9 Å². The quantitative estimate of drug-likeness (QED) is 0.614. The molecule has 2 nitrogen and oxygen atoms in total. The average Bonchev–Trinajstić information content (AvgIpc) is 3.50. The van der Waals surface area contributed by atoms with Gasteiger partial charge in [-0.1, -0.05) is 49.7 Å². The van der Waals surface area contributed by atoms with E-state index in [9.17, 15) is 8.78 Å². The molecule has 4 heteroatoms. The van der Waals surface area contributed by atoms with E-state index >= 15 is 0 Å². The van der Waals surface area contributed by atoms with Gasteiger partial charge in [0.25, 0.3) is 0 Å². The molecule has 2 heterocycles. The van der Waals surface area contributed by atoms with Crippen molar-refractivity contribution in [2.75, 3.05) is 13.2 Å². The summed E-state index contributed by atoms with van der Waals surface area (Å²) in [6.45, 7) is 3.48. The molecule has 0 spiro atoms. The predicted molar refractivity (Wildman–Crippen MR) is 96.8 cm³/mol. The summed E-state index contributed by atoms with van der Waals surface area (Å²) >= 11 is 0. The predicted octanol–water partition coefficient (Wildman–Crippen LogP) is 5.97. The first kappa shape index (κ1) is 17.6. The molecule has 2 fully saturated rings. The van der Waals surface area contributed by atoms with Crippen molar-refractivity contribution >= 4 is 0 Å². The lowest BCUT2D eigenvalue weighted by Gasteiger charge is -2.29. The van der Waals surface area contributed by atoms with E-state index in [0.29, 0.717) is 23.7 Å². The summed E-state index contributed by atoms with van der Waals surface area (Å²) in [5.74, 6) is -0.935. The van der Waals surface area contributed by atoms with Crippen LogP contribution in [0.4, 0.5) is 8.78 Å². The minimum Gasteiger partial charge on any atom is -0.373 e. The first-order chi connectivity index (χ1) is 12.7. The highest BCUT2D eigenvalue weighted by Gasteiger charge is 2.30. The molecule has 4 rings (SSSR count). The largest absolute Gasteiger partial charge is 0.373 e. The highest BCUT2D eigenvalue weighted by molar-refractivity contribution is 5.65. The van der Waals surface area contributed by atoms with Crippen molar-refractivity contribution in [2.24, 2.45) is 5.92 Å². The van der Waals surface area contributed by atoms with Crippen LogP contribution in [0.5, 0.6) is 0 Å². The zero-order valence-corrected chi connectivity index (χ0v) is 15.0. The van der Waals surface area contributed by atoms with Gasteiger partial charge in [-0.2, -0.15) is 0 Å². The SMILES string of the molecule is CCCC1CCC(c2ccc(-c3ccc(C4CO4)c(F)c3F)cc2)OC1. The van der Waals surface area contributed by atoms with Gasteiger partial charge in [0.15, 0.2) is 11.6 Å². The summed E-state index contributed by atoms with van der Waals surface area (Å²) in [5, 5.41) is 0. The van der Waals surface area contributed by atoms with Gasteiger partial charge in [-0.15, -0.1) is 0 Å². The van der Waals surface area contributed by atoms with Gasteiger partial charge in [0.2, 0.25) is 0 Å². The summed E-state index contributed by atoms with van der Waals surface area (Å²) < 4.78 is 39.8. The molecular weight excluding hydrogens is 334 g/mol. The fourth-order valence-corrected chi connectivity index (χ4v) is 3.85. The number of hydrogen-bond donors (Lipinski definition) is 0. The van der Waals surface area contributed by atoms with E-state index in [2.05, 4.69) is 6.92 Å². The fourth-order valence-electron chi connectivity index (χ4n) is 3.85. The molecule has 3 unspecified atom stereocenters. The first-order valence-corrected chi connectivity index (χ1v) is 9.48. The molecule has 2 aromatic carbocycles. The molecule has 2 saturated heterocycles. The van der Waals surface area contributed by atoms with Crippen molar-refractivity contribution < 1.29 is 18.3 Å². The smallest absolute Gasteiger partial charge is 0.167 e. The molecule has 2 aromatic rings. The highest BCUT2D eigenvalue weighted by atomic mass is 19.2. The van der Waals surface area contributed by atoms with E-state index < -0.39 is 11.6 Å². The Morgan fingerprint density at radius 1 is 0.885 bits per heavy atom. The molecule has 0 aliphatic carbocycles. The lowest BCUT2D eigenvalue weighted by molar-refractivity contribution is -0.0194. The summed E-state index contributed by atoms with van der Waals surface area (Å²) in [5.41, 5.74) is 2.37. The number of hydrogen-bond acceptors (Lipinski definition) is 2. The zero-order chi connectivity index (χ0) is 18.1. The zero-order valence-electron chi connectivity index (χ0n) is 15.0. The van der Waals surface area contributed by atoms with Gasteiger partial charge in [0.1, 0.15) is 6.10 Å². The van der Waals surface area contributed by atoms with Crippen molar-refractivity contribution in [3.8, 4) is 11.1 Å². The topological polar surface area (TPSA) is 21.8 Å². The van der Waals surface area contributed by atoms with Crippen molar-refractivity contribution in [3.63, 3.8) is 0 Å².